The molecule has 176 valence electrons. The Morgan fingerprint density at radius 2 is 1.67 bits per heavy atom. The minimum absolute atomic E-state index is 0.119. The van der Waals surface area contributed by atoms with Crippen LogP contribution in [0.2, 0.25) is 5.02 Å². The van der Waals surface area contributed by atoms with Crippen LogP contribution >= 0.6 is 11.6 Å². The van der Waals surface area contributed by atoms with E-state index < -0.39 is 0 Å². The lowest BCUT2D eigenvalue weighted by molar-refractivity contribution is -0.118. The van der Waals surface area contributed by atoms with Crippen LogP contribution in [0, 0.1) is 30.6 Å². The van der Waals surface area contributed by atoms with Crippen LogP contribution < -0.4 is 20.1 Å². The normalized spacial score (nSPS) is 27.4. The van der Waals surface area contributed by atoms with Gasteiger partial charge < -0.3 is 20.1 Å². The van der Waals surface area contributed by atoms with Gasteiger partial charge in [0.2, 0.25) is 0 Å². The lowest BCUT2D eigenvalue weighted by Crippen LogP contribution is -2.54. The van der Waals surface area contributed by atoms with E-state index in [1.165, 1.54) is 32.1 Å². The van der Waals surface area contributed by atoms with Gasteiger partial charge in [-0.25, -0.2) is 0 Å². The second kappa shape index (κ2) is 9.55. The summed E-state index contributed by atoms with van der Waals surface area (Å²) in [5, 5.41) is 7.29. The molecule has 0 atom stereocenters. The van der Waals surface area contributed by atoms with Crippen molar-refractivity contribution in [1.29, 1.82) is 0 Å². The van der Waals surface area contributed by atoms with Crippen LogP contribution in [0.15, 0.2) is 36.4 Å². The predicted molar refractivity (Wildman–Crippen MR) is 131 cm³/mol. The average Bonchev–Trinajstić information content (AvgIpc) is 2.79. The zero-order chi connectivity index (χ0) is 22.9. The predicted octanol–water partition coefficient (Wildman–Crippen LogP) is 5.59. The number of benzene rings is 2. The van der Waals surface area contributed by atoms with Gasteiger partial charge in [-0.2, -0.15) is 0 Å². The Labute approximate surface area is 201 Å². The molecule has 6 heteroatoms. The molecule has 33 heavy (non-hydrogen) atoms. The summed E-state index contributed by atoms with van der Waals surface area (Å²) < 4.78 is 11.3. The number of hydrogen-bond donors (Lipinski definition) is 2. The highest BCUT2D eigenvalue weighted by atomic mass is 35.5. The summed E-state index contributed by atoms with van der Waals surface area (Å²) in [6.07, 6.45) is 7.02. The Kier molecular flexibility index (Phi) is 6.53. The summed E-state index contributed by atoms with van der Waals surface area (Å²) in [5.41, 5.74) is 2.88. The van der Waals surface area contributed by atoms with E-state index in [1.54, 1.807) is 13.2 Å². The van der Waals surface area contributed by atoms with E-state index >= 15 is 0 Å². The third kappa shape index (κ3) is 4.99. The summed E-state index contributed by atoms with van der Waals surface area (Å²) in [7, 11) is 1.61. The van der Waals surface area contributed by atoms with Gasteiger partial charge in [-0.15, -0.1) is 0 Å². The molecule has 0 heterocycles. The lowest BCUT2D eigenvalue weighted by atomic mass is 9.54. The van der Waals surface area contributed by atoms with Crippen LogP contribution in [0.1, 0.15) is 43.2 Å². The first-order valence-corrected chi connectivity index (χ1v) is 12.5. The Morgan fingerprint density at radius 3 is 2.30 bits per heavy atom. The van der Waals surface area contributed by atoms with Crippen molar-refractivity contribution in [2.45, 2.75) is 51.6 Å². The van der Waals surface area contributed by atoms with Crippen LogP contribution in [0.25, 0.3) is 0 Å². The molecule has 0 aromatic heterocycles. The molecule has 2 N–H and O–H groups in total. The monoisotopic (exact) mass is 468 g/mol. The summed E-state index contributed by atoms with van der Waals surface area (Å²) in [6, 6.07) is 11.9. The van der Waals surface area contributed by atoms with Crippen molar-refractivity contribution < 1.29 is 14.3 Å². The second-order valence-electron chi connectivity index (χ2n) is 10.1. The molecule has 5 nitrogen and oxygen atoms in total. The summed E-state index contributed by atoms with van der Waals surface area (Å²) in [4.78, 5) is 12.3. The molecule has 4 fully saturated rings. The fourth-order valence-corrected chi connectivity index (χ4v) is 6.67. The Bertz CT molecular complexity index is 979. The van der Waals surface area contributed by atoms with Crippen LogP contribution in [0.4, 0.5) is 5.69 Å². The molecule has 4 aliphatic carbocycles. The lowest BCUT2D eigenvalue weighted by Gasteiger charge is -2.54. The van der Waals surface area contributed by atoms with Gasteiger partial charge >= 0.3 is 0 Å². The van der Waals surface area contributed by atoms with Gasteiger partial charge in [-0.05, 0) is 86.5 Å². The molecule has 0 spiro atoms. The largest absolute Gasteiger partial charge is 0.493 e. The molecule has 0 aliphatic heterocycles. The number of ether oxygens (including phenoxy) is 2. The molecule has 4 bridgehead atoms. The molecule has 2 aromatic rings. The SMILES string of the molecule is COc1cc(CNC2C3CC4CC(C3)CC2C4)c(Cl)cc1OCC(=O)Nc1ccc(C)cc1. The first kappa shape index (κ1) is 22.5. The van der Waals surface area contributed by atoms with Crippen molar-refractivity contribution in [2.24, 2.45) is 23.7 Å². The highest BCUT2D eigenvalue weighted by molar-refractivity contribution is 6.31. The Balaban J connectivity index is 1.19. The standard InChI is InChI=1S/C27H33ClN2O3/c1-16-3-5-22(6-4-16)30-26(31)15-33-25-13-23(28)21(12-24(25)32-2)14-29-27-19-8-17-7-18(10-19)11-20(27)9-17/h3-6,12-13,17-20,27,29H,7-11,14-15H2,1-2H3,(H,30,31). The van der Waals surface area contributed by atoms with Gasteiger partial charge in [0, 0.05) is 29.4 Å². The molecule has 2 aromatic carbocycles. The van der Waals surface area contributed by atoms with Crippen molar-refractivity contribution in [3.05, 3.63) is 52.5 Å². The Hall–Kier alpha value is -2.24. The highest BCUT2D eigenvalue weighted by Gasteiger charge is 2.47. The number of amides is 1. The quantitative estimate of drug-likeness (QED) is 0.530. The zero-order valence-corrected chi connectivity index (χ0v) is 20.2. The van der Waals surface area contributed by atoms with Gasteiger partial charge in [-0.1, -0.05) is 29.3 Å². The van der Waals surface area contributed by atoms with Crippen molar-refractivity contribution in [3.63, 3.8) is 0 Å². The fourth-order valence-electron chi connectivity index (χ4n) is 6.45. The number of hydrogen-bond acceptors (Lipinski definition) is 4. The van der Waals surface area contributed by atoms with E-state index in [-0.39, 0.29) is 12.5 Å². The molecule has 0 unspecified atom stereocenters. The highest BCUT2D eigenvalue weighted by Crippen LogP contribution is 2.53. The number of halogens is 1. The summed E-state index contributed by atoms with van der Waals surface area (Å²) in [5.74, 6) is 4.39. The van der Waals surface area contributed by atoms with Crippen LogP contribution in [0.3, 0.4) is 0 Å². The maximum absolute atomic E-state index is 12.3. The number of rotatable bonds is 8. The van der Waals surface area contributed by atoms with Crippen molar-refractivity contribution in [3.8, 4) is 11.5 Å². The molecular formula is C27H33ClN2O3. The third-order valence-electron chi connectivity index (χ3n) is 7.78. The maximum atomic E-state index is 12.3. The molecule has 4 saturated carbocycles. The van der Waals surface area contributed by atoms with Crippen LogP contribution in [-0.4, -0.2) is 25.7 Å². The van der Waals surface area contributed by atoms with E-state index in [9.17, 15) is 4.79 Å². The van der Waals surface area contributed by atoms with Gasteiger partial charge in [-0.3, -0.25) is 4.79 Å². The first-order chi connectivity index (χ1) is 16.0. The zero-order valence-electron chi connectivity index (χ0n) is 19.4. The molecule has 0 saturated heterocycles. The summed E-state index contributed by atoms with van der Waals surface area (Å²) >= 11 is 6.61. The topological polar surface area (TPSA) is 59.6 Å². The fraction of sp³-hybridized carbons (Fsp3) is 0.519. The van der Waals surface area contributed by atoms with Crippen LogP contribution in [0.5, 0.6) is 11.5 Å². The number of carbonyl (C=O) groups is 1. The first-order valence-electron chi connectivity index (χ1n) is 12.1. The average molecular weight is 469 g/mol. The molecule has 0 radical (unpaired) electrons. The number of carbonyl (C=O) groups excluding carboxylic acids is 1. The number of methoxy groups -OCH3 is 1. The minimum atomic E-state index is -0.232. The smallest absolute Gasteiger partial charge is 0.262 e. The van der Waals surface area contributed by atoms with Crippen molar-refractivity contribution in [2.75, 3.05) is 19.0 Å². The number of nitrogens with one attached hydrogen (secondary N) is 2. The van der Waals surface area contributed by atoms with Crippen molar-refractivity contribution >= 4 is 23.2 Å². The maximum Gasteiger partial charge on any atom is 0.262 e. The van der Waals surface area contributed by atoms with E-state index in [0.29, 0.717) is 22.6 Å². The molecule has 6 rings (SSSR count). The molecule has 4 aliphatic rings. The summed E-state index contributed by atoms with van der Waals surface area (Å²) in [6.45, 7) is 2.61. The number of anilines is 1. The third-order valence-corrected chi connectivity index (χ3v) is 8.13. The van der Waals surface area contributed by atoms with Crippen LogP contribution in [-0.2, 0) is 11.3 Å². The van der Waals surface area contributed by atoms with Crippen molar-refractivity contribution in [1.82, 2.24) is 5.32 Å². The van der Waals surface area contributed by atoms with Gasteiger partial charge in [0.1, 0.15) is 0 Å². The molecule has 1 amide bonds. The van der Waals surface area contributed by atoms with Gasteiger partial charge in [0.15, 0.2) is 18.1 Å². The minimum Gasteiger partial charge on any atom is -0.493 e. The van der Waals surface area contributed by atoms with E-state index in [0.717, 1.165) is 47.0 Å². The molecular weight excluding hydrogens is 436 g/mol. The van der Waals surface area contributed by atoms with E-state index in [2.05, 4.69) is 10.6 Å². The van der Waals surface area contributed by atoms with Gasteiger partial charge in [0.25, 0.3) is 5.91 Å². The Morgan fingerprint density at radius 1 is 1.00 bits per heavy atom. The number of aryl methyl sites for hydroxylation is 1. The van der Waals surface area contributed by atoms with E-state index in [1.807, 2.05) is 37.3 Å². The second-order valence-corrected chi connectivity index (χ2v) is 10.5. The van der Waals surface area contributed by atoms with E-state index in [4.69, 9.17) is 21.1 Å². The van der Waals surface area contributed by atoms with Gasteiger partial charge in [0.05, 0.1) is 7.11 Å².